The number of carbonyl (C=O) groups is 2. The summed E-state index contributed by atoms with van der Waals surface area (Å²) in [5.74, 6) is -0.650. The van der Waals surface area contributed by atoms with Crippen LogP contribution in [0.3, 0.4) is 0 Å². The van der Waals surface area contributed by atoms with Gasteiger partial charge in [-0.25, -0.2) is 17.9 Å². The minimum atomic E-state index is -3.77. The van der Waals surface area contributed by atoms with E-state index in [1.807, 2.05) is 0 Å². The van der Waals surface area contributed by atoms with Crippen molar-refractivity contribution in [1.82, 2.24) is 4.90 Å². The number of anilines is 1. The van der Waals surface area contributed by atoms with Crippen LogP contribution in [-0.4, -0.2) is 38.2 Å². The summed E-state index contributed by atoms with van der Waals surface area (Å²) in [6, 6.07) is 11.8. The first-order valence-corrected chi connectivity index (χ1v) is 11.2. The topological polar surface area (TPSA) is 110 Å². The molecule has 3 N–H and O–H groups in total. The fourth-order valence-electron chi connectivity index (χ4n) is 3.42. The quantitative estimate of drug-likeness (QED) is 0.728. The third-order valence-corrected chi connectivity index (χ3v) is 6.14. The molecular weight excluding hydrogens is 409 g/mol. The number of primary sulfonamides is 1. The molecule has 1 aliphatic rings. The number of hydrogen-bond acceptors (Lipinski definition) is 4. The summed E-state index contributed by atoms with van der Waals surface area (Å²) in [7, 11) is -3.77. The first-order valence-electron chi connectivity index (χ1n) is 9.68. The number of nitrogens with one attached hydrogen (secondary N) is 1. The van der Waals surface area contributed by atoms with Gasteiger partial charge in [-0.1, -0.05) is 12.1 Å². The van der Waals surface area contributed by atoms with Gasteiger partial charge in [-0.2, -0.15) is 0 Å². The van der Waals surface area contributed by atoms with Crippen LogP contribution in [0.1, 0.15) is 24.8 Å². The standard InChI is InChI=1S/C21H24FN3O4S/c22-17-4-1-15(2-5-17)3-10-20(26)25-13-11-16(12-14-25)21(27)24-18-6-8-19(9-7-18)30(23,28)29/h1-2,4-9,16H,3,10-14H2,(H,24,27)(H2,23,28,29). The molecule has 0 spiro atoms. The molecule has 0 saturated carbocycles. The summed E-state index contributed by atoms with van der Waals surface area (Å²) in [5, 5.41) is 7.84. The van der Waals surface area contributed by atoms with E-state index in [0.717, 1.165) is 5.56 Å². The van der Waals surface area contributed by atoms with Crippen LogP contribution < -0.4 is 10.5 Å². The fraction of sp³-hybridized carbons (Fsp3) is 0.333. The van der Waals surface area contributed by atoms with Crippen LogP contribution >= 0.6 is 0 Å². The molecule has 0 atom stereocenters. The second-order valence-electron chi connectivity index (χ2n) is 7.34. The van der Waals surface area contributed by atoms with Gasteiger partial charge >= 0.3 is 0 Å². The first-order chi connectivity index (χ1) is 14.2. The Morgan fingerprint density at radius 1 is 1.03 bits per heavy atom. The number of hydrogen-bond donors (Lipinski definition) is 2. The van der Waals surface area contributed by atoms with Crippen LogP contribution in [0.5, 0.6) is 0 Å². The lowest BCUT2D eigenvalue weighted by molar-refractivity contribution is -0.134. The number of aryl methyl sites for hydroxylation is 1. The third-order valence-electron chi connectivity index (χ3n) is 5.21. The van der Waals surface area contributed by atoms with Crippen LogP contribution in [0.25, 0.3) is 0 Å². The Morgan fingerprint density at radius 2 is 1.63 bits per heavy atom. The predicted octanol–water partition coefficient (Wildman–Crippen LogP) is 2.28. The van der Waals surface area contributed by atoms with Crippen LogP contribution in [0.2, 0.25) is 0 Å². The van der Waals surface area contributed by atoms with E-state index >= 15 is 0 Å². The minimum absolute atomic E-state index is 0.0204. The molecule has 0 aliphatic carbocycles. The molecule has 1 fully saturated rings. The van der Waals surface area contributed by atoms with E-state index in [9.17, 15) is 22.4 Å². The van der Waals surface area contributed by atoms with Gasteiger partial charge in [0.25, 0.3) is 0 Å². The van der Waals surface area contributed by atoms with Gasteiger partial charge in [0.1, 0.15) is 5.82 Å². The normalized spacial score (nSPS) is 15.1. The van der Waals surface area contributed by atoms with E-state index in [2.05, 4.69) is 5.32 Å². The molecule has 1 heterocycles. The number of nitrogens with two attached hydrogens (primary N) is 1. The summed E-state index contributed by atoms with van der Waals surface area (Å²) in [4.78, 5) is 26.6. The van der Waals surface area contributed by atoms with Gasteiger partial charge in [-0.3, -0.25) is 9.59 Å². The maximum atomic E-state index is 12.9. The SMILES string of the molecule is NS(=O)(=O)c1ccc(NC(=O)C2CCN(C(=O)CCc3ccc(F)cc3)CC2)cc1. The molecule has 0 aromatic heterocycles. The van der Waals surface area contributed by atoms with Gasteiger partial charge in [0, 0.05) is 31.1 Å². The zero-order chi connectivity index (χ0) is 21.7. The van der Waals surface area contributed by atoms with Gasteiger partial charge in [0.05, 0.1) is 4.90 Å². The average molecular weight is 434 g/mol. The molecule has 0 bridgehead atoms. The Hall–Kier alpha value is -2.78. The van der Waals surface area contributed by atoms with Crippen LogP contribution in [0.15, 0.2) is 53.4 Å². The van der Waals surface area contributed by atoms with Crippen molar-refractivity contribution in [1.29, 1.82) is 0 Å². The number of halogens is 1. The van der Waals surface area contributed by atoms with E-state index in [-0.39, 0.29) is 28.4 Å². The van der Waals surface area contributed by atoms with E-state index in [1.54, 1.807) is 17.0 Å². The van der Waals surface area contributed by atoms with E-state index < -0.39 is 10.0 Å². The Balaban J connectivity index is 1.45. The van der Waals surface area contributed by atoms with Gasteiger partial charge in [0.2, 0.25) is 21.8 Å². The molecule has 2 aromatic rings. The van der Waals surface area contributed by atoms with Gasteiger partial charge in [-0.05, 0) is 61.2 Å². The maximum Gasteiger partial charge on any atom is 0.238 e. The highest BCUT2D eigenvalue weighted by Crippen LogP contribution is 2.21. The lowest BCUT2D eigenvalue weighted by Gasteiger charge is -2.31. The zero-order valence-electron chi connectivity index (χ0n) is 16.4. The largest absolute Gasteiger partial charge is 0.343 e. The van der Waals surface area contributed by atoms with Crippen LogP contribution in [-0.2, 0) is 26.0 Å². The lowest BCUT2D eigenvalue weighted by Crippen LogP contribution is -2.41. The second kappa shape index (κ2) is 9.36. The lowest BCUT2D eigenvalue weighted by atomic mass is 9.95. The molecule has 160 valence electrons. The molecule has 7 nitrogen and oxygen atoms in total. The summed E-state index contributed by atoms with van der Waals surface area (Å²) in [6.45, 7) is 1.01. The van der Waals surface area contributed by atoms with Gasteiger partial charge < -0.3 is 10.2 Å². The minimum Gasteiger partial charge on any atom is -0.343 e. The molecule has 1 saturated heterocycles. The van der Waals surface area contributed by atoms with Crippen molar-refractivity contribution in [3.8, 4) is 0 Å². The Labute approximate surface area is 175 Å². The highest BCUT2D eigenvalue weighted by molar-refractivity contribution is 7.89. The van der Waals surface area contributed by atoms with E-state index in [1.165, 1.54) is 36.4 Å². The molecule has 30 heavy (non-hydrogen) atoms. The molecular formula is C21H24FN3O4S. The summed E-state index contributed by atoms with van der Waals surface area (Å²) >= 11 is 0. The molecule has 0 radical (unpaired) electrons. The van der Waals surface area contributed by atoms with Crippen LogP contribution in [0, 0.1) is 11.7 Å². The van der Waals surface area contributed by atoms with Crippen molar-refractivity contribution in [2.45, 2.75) is 30.6 Å². The van der Waals surface area contributed by atoms with Crippen molar-refractivity contribution >= 4 is 27.5 Å². The third kappa shape index (κ3) is 5.87. The number of benzene rings is 2. The van der Waals surface area contributed by atoms with Crippen molar-refractivity contribution in [3.05, 3.63) is 59.9 Å². The Bertz CT molecular complexity index is 1000. The molecule has 1 aliphatic heterocycles. The Kier molecular flexibility index (Phi) is 6.84. The number of amides is 2. The van der Waals surface area contributed by atoms with Crippen molar-refractivity contribution in [2.24, 2.45) is 11.1 Å². The summed E-state index contributed by atoms with van der Waals surface area (Å²) < 4.78 is 35.5. The van der Waals surface area contributed by atoms with Crippen LogP contribution in [0.4, 0.5) is 10.1 Å². The van der Waals surface area contributed by atoms with E-state index in [4.69, 9.17) is 5.14 Å². The smallest absolute Gasteiger partial charge is 0.238 e. The second-order valence-corrected chi connectivity index (χ2v) is 8.90. The van der Waals surface area contributed by atoms with Crippen molar-refractivity contribution < 1.29 is 22.4 Å². The number of rotatable bonds is 6. The van der Waals surface area contributed by atoms with Gasteiger partial charge in [-0.15, -0.1) is 0 Å². The number of piperidine rings is 1. The monoisotopic (exact) mass is 433 g/mol. The van der Waals surface area contributed by atoms with Crippen molar-refractivity contribution in [3.63, 3.8) is 0 Å². The molecule has 9 heteroatoms. The highest BCUT2D eigenvalue weighted by atomic mass is 32.2. The Morgan fingerprint density at radius 3 is 2.20 bits per heavy atom. The number of likely N-dealkylation sites (tertiary alicyclic amines) is 1. The molecule has 0 unspecified atom stereocenters. The fourth-order valence-corrected chi connectivity index (χ4v) is 3.94. The summed E-state index contributed by atoms with van der Waals surface area (Å²) in [5.41, 5.74) is 1.40. The molecule has 2 amide bonds. The highest BCUT2D eigenvalue weighted by Gasteiger charge is 2.27. The molecule has 2 aromatic carbocycles. The first kappa shape index (κ1) is 21.9. The van der Waals surface area contributed by atoms with Crippen molar-refractivity contribution in [2.75, 3.05) is 18.4 Å². The van der Waals surface area contributed by atoms with Gasteiger partial charge in [0.15, 0.2) is 0 Å². The molecule has 3 rings (SSSR count). The predicted molar refractivity (Wildman–Crippen MR) is 110 cm³/mol. The maximum absolute atomic E-state index is 12.9. The number of nitrogens with zero attached hydrogens (tertiary/aromatic N) is 1. The zero-order valence-corrected chi connectivity index (χ0v) is 17.2. The summed E-state index contributed by atoms with van der Waals surface area (Å²) in [6.07, 6.45) is 2.01. The number of carbonyl (C=O) groups excluding carboxylic acids is 2. The average Bonchev–Trinajstić information content (AvgIpc) is 2.73. The number of sulfonamides is 1. The van der Waals surface area contributed by atoms with E-state index in [0.29, 0.717) is 44.5 Å².